The number of hydrogen-bond acceptors (Lipinski definition) is 3. The monoisotopic (exact) mass is 418 g/mol. The lowest BCUT2D eigenvalue weighted by atomic mass is 9.67. The Morgan fingerprint density at radius 3 is 2.53 bits per heavy atom. The molecular weight excluding hydrogens is 389 g/mol. The Morgan fingerprint density at radius 1 is 0.967 bits per heavy atom. The molecule has 3 nitrogen and oxygen atoms in total. The van der Waals surface area contributed by atoms with Crippen molar-refractivity contribution in [2.45, 2.75) is 81.4 Å². The number of aromatic nitrogens is 2. The highest BCUT2D eigenvalue weighted by molar-refractivity contribution is 5.20. The van der Waals surface area contributed by atoms with E-state index in [2.05, 4.69) is 11.1 Å². The van der Waals surface area contributed by atoms with Gasteiger partial charge in [-0.25, -0.2) is 4.98 Å². The molecule has 3 heterocycles. The first-order chi connectivity index (χ1) is 14.4. The molecule has 1 saturated heterocycles. The van der Waals surface area contributed by atoms with Gasteiger partial charge in [0.2, 0.25) is 0 Å². The lowest BCUT2D eigenvalue weighted by Crippen LogP contribution is -2.46. The summed E-state index contributed by atoms with van der Waals surface area (Å²) in [6.45, 7) is 0.756. The molecule has 1 aliphatic carbocycles. The van der Waals surface area contributed by atoms with E-state index in [1.54, 1.807) is 6.07 Å². The molecule has 1 saturated carbocycles. The smallest absolute Gasteiger partial charge is 0.375 e. The van der Waals surface area contributed by atoms with Crippen LogP contribution in [0.5, 0.6) is 0 Å². The molecule has 0 amide bonds. The van der Waals surface area contributed by atoms with E-state index >= 15 is 0 Å². The Morgan fingerprint density at radius 2 is 1.80 bits per heavy atom. The van der Waals surface area contributed by atoms with Gasteiger partial charge in [-0.05, 0) is 69.2 Å². The largest absolute Gasteiger partial charge is 0.433 e. The zero-order valence-electron chi connectivity index (χ0n) is 17.3. The molecule has 0 N–H and O–H groups in total. The van der Waals surface area contributed by atoms with Gasteiger partial charge in [0.15, 0.2) is 0 Å². The maximum atomic E-state index is 12.9. The van der Waals surface area contributed by atoms with E-state index in [1.165, 1.54) is 18.9 Å². The van der Waals surface area contributed by atoms with Crippen molar-refractivity contribution in [1.82, 2.24) is 9.97 Å². The number of unbranched alkanes of at least 4 members (excludes halogenated alkanes) is 1. The summed E-state index contributed by atoms with van der Waals surface area (Å²) < 4.78 is 45.0. The predicted molar refractivity (Wildman–Crippen MR) is 109 cm³/mol. The number of aryl methyl sites for hydroxylation is 1. The number of rotatable bonds is 6. The molecule has 2 aromatic rings. The van der Waals surface area contributed by atoms with Crippen molar-refractivity contribution in [3.05, 3.63) is 59.7 Å². The maximum absolute atomic E-state index is 12.9. The van der Waals surface area contributed by atoms with Gasteiger partial charge in [0.25, 0.3) is 0 Å². The molecule has 0 radical (unpaired) electrons. The normalized spacial score (nSPS) is 23.7. The molecule has 0 unspecified atom stereocenters. The number of pyridine rings is 2. The van der Waals surface area contributed by atoms with E-state index < -0.39 is 11.9 Å². The van der Waals surface area contributed by atoms with Gasteiger partial charge in [0.1, 0.15) is 5.69 Å². The van der Waals surface area contributed by atoms with E-state index in [0.29, 0.717) is 12.1 Å². The Bertz CT molecular complexity index is 834. The maximum Gasteiger partial charge on any atom is 0.433 e. The number of halogens is 3. The average molecular weight is 419 g/mol. The minimum atomic E-state index is -4.39. The quantitative estimate of drug-likeness (QED) is 0.519. The van der Waals surface area contributed by atoms with Crippen LogP contribution in [0.25, 0.3) is 0 Å². The summed E-state index contributed by atoms with van der Waals surface area (Å²) in [7, 11) is 0. The van der Waals surface area contributed by atoms with Crippen molar-refractivity contribution >= 4 is 0 Å². The van der Waals surface area contributed by atoms with E-state index in [4.69, 9.17) is 9.72 Å². The van der Waals surface area contributed by atoms with Crippen LogP contribution in [0.15, 0.2) is 42.6 Å². The van der Waals surface area contributed by atoms with Gasteiger partial charge in [-0.3, -0.25) is 4.98 Å². The van der Waals surface area contributed by atoms with Crippen LogP contribution < -0.4 is 0 Å². The molecule has 162 valence electrons. The summed E-state index contributed by atoms with van der Waals surface area (Å²) in [6.07, 6.45) is 7.40. The summed E-state index contributed by atoms with van der Waals surface area (Å²) in [5, 5.41) is 0. The SMILES string of the molecule is FC(F)(F)c1cccc(CCCC[C@@]2(c3ccccn3)CCOC3(CCCC3)C2)n1. The first kappa shape index (κ1) is 21.3. The molecule has 1 spiro atoms. The van der Waals surface area contributed by atoms with Crippen molar-refractivity contribution in [2.24, 2.45) is 0 Å². The lowest BCUT2D eigenvalue weighted by Gasteiger charge is -2.46. The summed E-state index contributed by atoms with van der Waals surface area (Å²) in [4.78, 5) is 8.52. The fourth-order valence-corrected chi connectivity index (χ4v) is 5.34. The van der Waals surface area contributed by atoms with Crippen molar-refractivity contribution in [1.29, 1.82) is 0 Å². The molecule has 30 heavy (non-hydrogen) atoms. The third kappa shape index (κ3) is 4.69. The fourth-order valence-electron chi connectivity index (χ4n) is 5.34. The average Bonchev–Trinajstić information content (AvgIpc) is 3.19. The van der Waals surface area contributed by atoms with Gasteiger partial charge in [0, 0.05) is 29.6 Å². The molecule has 1 aliphatic heterocycles. The van der Waals surface area contributed by atoms with Crippen LogP contribution in [-0.4, -0.2) is 22.2 Å². The van der Waals surface area contributed by atoms with Gasteiger partial charge in [0.05, 0.1) is 5.60 Å². The van der Waals surface area contributed by atoms with E-state index in [1.807, 2.05) is 18.3 Å². The first-order valence-corrected chi connectivity index (χ1v) is 11.0. The predicted octanol–water partition coefficient (Wildman–Crippen LogP) is 6.27. The highest BCUT2D eigenvalue weighted by Gasteiger charge is 2.48. The standard InChI is InChI=1S/C24H29F3N2O/c25-24(26,27)21-11-7-9-19(29-21)8-1-3-12-22(20-10-2-6-16-28-20)15-17-30-23(18-22)13-4-5-14-23/h2,6-7,9-11,16H,1,3-5,8,12-15,17-18H2/t22-/m1/s1. The molecule has 4 rings (SSSR count). The minimum absolute atomic E-state index is 0.00883. The summed E-state index contributed by atoms with van der Waals surface area (Å²) in [5.74, 6) is 0. The van der Waals surface area contributed by atoms with Crippen molar-refractivity contribution in [3.63, 3.8) is 0 Å². The Labute approximate surface area is 176 Å². The number of ether oxygens (including phenoxy) is 1. The summed E-state index contributed by atoms with van der Waals surface area (Å²) >= 11 is 0. The van der Waals surface area contributed by atoms with Crippen molar-refractivity contribution in [2.75, 3.05) is 6.61 Å². The third-order valence-electron chi connectivity index (χ3n) is 6.81. The third-order valence-corrected chi connectivity index (χ3v) is 6.81. The molecule has 2 aliphatic rings. The van der Waals surface area contributed by atoms with Crippen LogP contribution >= 0.6 is 0 Å². The summed E-state index contributed by atoms with van der Waals surface area (Å²) in [6, 6.07) is 10.3. The van der Waals surface area contributed by atoms with Crippen LogP contribution in [0.4, 0.5) is 13.2 Å². The Balaban J connectivity index is 1.43. The van der Waals surface area contributed by atoms with Crippen LogP contribution in [-0.2, 0) is 22.7 Å². The lowest BCUT2D eigenvalue weighted by molar-refractivity contribution is -0.141. The highest BCUT2D eigenvalue weighted by atomic mass is 19.4. The number of alkyl halides is 3. The van der Waals surface area contributed by atoms with Crippen LogP contribution in [0.2, 0.25) is 0 Å². The number of nitrogens with zero attached hydrogens (tertiary/aromatic N) is 2. The highest BCUT2D eigenvalue weighted by Crippen LogP contribution is 2.50. The van der Waals surface area contributed by atoms with Gasteiger partial charge >= 0.3 is 6.18 Å². The van der Waals surface area contributed by atoms with Gasteiger partial charge < -0.3 is 4.74 Å². The first-order valence-electron chi connectivity index (χ1n) is 11.0. The number of hydrogen-bond donors (Lipinski definition) is 0. The van der Waals surface area contributed by atoms with E-state index in [9.17, 15) is 13.2 Å². The van der Waals surface area contributed by atoms with Crippen LogP contribution in [0, 0.1) is 0 Å². The molecule has 2 fully saturated rings. The zero-order chi connectivity index (χ0) is 21.1. The van der Waals surface area contributed by atoms with Crippen LogP contribution in [0.1, 0.15) is 74.9 Å². The molecule has 1 atom stereocenters. The Kier molecular flexibility index (Phi) is 6.14. The molecular formula is C24H29F3N2O. The van der Waals surface area contributed by atoms with Crippen molar-refractivity contribution < 1.29 is 17.9 Å². The molecule has 0 bridgehead atoms. The van der Waals surface area contributed by atoms with E-state index in [-0.39, 0.29) is 11.0 Å². The summed E-state index contributed by atoms with van der Waals surface area (Å²) in [5.41, 5.74) is 0.814. The fraction of sp³-hybridized carbons (Fsp3) is 0.583. The topological polar surface area (TPSA) is 35.0 Å². The second-order valence-electron chi connectivity index (χ2n) is 8.88. The Hall–Kier alpha value is -1.95. The zero-order valence-corrected chi connectivity index (χ0v) is 17.3. The van der Waals surface area contributed by atoms with Crippen LogP contribution in [0.3, 0.4) is 0 Å². The van der Waals surface area contributed by atoms with Gasteiger partial charge in [-0.2, -0.15) is 13.2 Å². The second kappa shape index (κ2) is 8.66. The molecule has 0 aromatic carbocycles. The van der Waals surface area contributed by atoms with Gasteiger partial charge in [-0.15, -0.1) is 0 Å². The molecule has 2 aromatic heterocycles. The van der Waals surface area contributed by atoms with E-state index in [0.717, 1.165) is 63.3 Å². The van der Waals surface area contributed by atoms with Crippen molar-refractivity contribution in [3.8, 4) is 0 Å². The minimum Gasteiger partial charge on any atom is -0.375 e. The molecule has 6 heteroatoms. The van der Waals surface area contributed by atoms with Gasteiger partial charge in [-0.1, -0.05) is 31.4 Å². The second-order valence-corrected chi connectivity index (χ2v) is 8.88.